The van der Waals surface area contributed by atoms with Crippen LogP contribution in [0.4, 0.5) is 0 Å². The molecule has 1 atom stereocenters. The fraction of sp³-hybridized carbons (Fsp3) is 0.179. The lowest BCUT2D eigenvalue weighted by Gasteiger charge is -2.37. The van der Waals surface area contributed by atoms with Crippen molar-refractivity contribution in [3.05, 3.63) is 101 Å². The van der Waals surface area contributed by atoms with Gasteiger partial charge in [0, 0.05) is 17.8 Å². The van der Waals surface area contributed by atoms with Crippen molar-refractivity contribution in [1.29, 1.82) is 0 Å². The molecule has 4 aromatic rings. The van der Waals surface area contributed by atoms with Crippen LogP contribution >= 0.6 is 12.2 Å². The molecule has 0 bridgehead atoms. The number of ether oxygens (including phenoxy) is 2. The molecule has 1 aromatic heterocycles. The Balaban J connectivity index is 1.41. The third kappa shape index (κ3) is 4.09. The normalized spacial score (nSPS) is 16.9. The highest BCUT2D eigenvalue weighted by molar-refractivity contribution is 7.80. The molecule has 0 saturated carbocycles. The van der Waals surface area contributed by atoms with Crippen LogP contribution < -0.4 is 14.8 Å². The van der Waals surface area contributed by atoms with Crippen molar-refractivity contribution in [3.63, 3.8) is 0 Å². The zero-order chi connectivity index (χ0) is 24.6. The topological polar surface area (TPSA) is 72.6 Å². The van der Waals surface area contributed by atoms with Gasteiger partial charge in [0.25, 0.3) is 5.89 Å². The Morgan fingerprint density at radius 1 is 0.972 bits per heavy atom. The van der Waals surface area contributed by atoms with Crippen LogP contribution in [0.25, 0.3) is 17.0 Å². The van der Waals surface area contributed by atoms with Gasteiger partial charge in [-0.1, -0.05) is 65.3 Å². The van der Waals surface area contributed by atoms with Crippen molar-refractivity contribution < 1.29 is 14.0 Å². The number of allylic oxidation sites excluding steroid dienone is 1. The summed E-state index contributed by atoms with van der Waals surface area (Å²) in [4.78, 5) is 6.87. The summed E-state index contributed by atoms with van der Waals surface area (Å²) in [6, 6.07) is 24.0. The highest BCUT2D eigenvalue weighted by atomic mass is 32.1. The fourth-order valence-electron chi connectivity index (χ4n) is 4.51. The first kappa shape index (κ1) is 22.3. The van der Waals surface area contributed by atoms with E-state index in [0.29, 0.717) is 34.9 Å². The van der Waals surface area contributed by atoms with Crippen LogP contribution in [-0.4, -0.2) is 26.9 Å². The molecule has 36 heavy (non-hydrogen) atoms. The molecule has 2 aliphatic rings. The largest absolute Gasteiger partial charge is 0.454 e. The number of fused-ring (bicyclic) bond motifs is 1. The van der Waals surface area contributed by atoms with E-state index in [9.17, 15) is 0 Å². The average molecular weight is 497 g/mol. The van der Waals surface area contributed by atoms with E-state index < -0.39 is 0 Å². The summed E-state index contributed by atoms with van der Waals surface area (Å²) in [7, 11) is 0. The third-order valence-corrected chi connectivity index (χ3v) is 6.82. The van der Waals surface area contributed by atoms with Gasteiger partial charge in [0.2, 0.25) is 12.6 Å². The van der Waals surface area contributed by atoms with Crippen LogP contribution in [0.1, 0.15) is 35.5 Å². The molecule has 180 valence electrons. The first-order valence-electron chi connectivity index (χ1n) is 11.7. The predicted octanol–water partition coefficient (Wildman–Crippen LogP) is 5.64. The summed E-state index contributed by atoms with van der Waals surface area (Å²) in [5.74, 6) is 2.30. The Labute approximate surface area is 214 Å². The summed E-state index contributed by atoms with van der Waals surface area (Å²) in [5.41, 5.74) is 6.09. The van der Waals surface area contributed by atoms with Crippen molar-refractivity contribution >= 4 is 22.9 Å². The van der Waals surface area contributed by atoms with E-state index >= 15 is 0 Å². The van der Waals surface area contributed by atoms with E-state index in [1.807, 2.05) is 36.4 Å². The van der Waals surface area contributed by atoms with Crippen molar-refractivity contribution in [2.24, 2.45) is 0 Å². The van der Waals surface area contributed by atoms with Gasteiger partial charge in [0.05, 0.1) is 11.6 Å². The Bertz CT molecular complexity index is 1460. The van der Waals surface area contributed by atoms with Gasteiger partial charge in [0.1, 0.15) is 0 Å². The molecule has 1 N–H and O–H groups in total. The molecule has 0 spiro atoms. The minimum absolute atomic E-state index is 0.212. The molecule has 0 aliphatic carbocycles. The SMILES string of the molecule is CC1=C(c2nc(-c3ccc4c(c3)OCO4)no2)C(c2ccccc2)NC(=S)N1Cc1ccc(C)cc1. The second-order valence-corrected chi connectivity index (χ2v) is 9.24. The molecule has 0 fully saturated rings. The van der Waals surface area contributed by atoms with Gasteiger partial charge in [-0.05, 0) is 55.4 Å². The Hall–Kier alpha value is -4.17. The van der Waals surface area contributed by atoms with Gasteiger partial charge in [0.15, 0.2) is 16.6 Å². The number of aryl methyl sites for hydroxylation is 1. The molecular formula is C28H24N4O3S. The van der Waals surface area contributed by atoms with Crippen molar-refractivity contribution in [2.75, 3.05) is 6.79 Å². The summed E-state index contributed by atoms with van der Waals surface area (Å²) in [6.07, 6.45) is 0. The zero-order valence-corrected chi connectivity index (χ0v) is 20.7. The smallest absolute Gasteiger partial charge is 0.258 e. The van der Waals surface area contributed by atoms with E-state index in [-0.39, 0.29) is 12.8 Å². The predicted molar refractivity (Wildman–Crippen MR) is 140 cm³/mol. The molecule has 2 aliphatic heterocycles. The van der Waals surface area contributed by atoms with Crippen LogP contribution in [0.2, 0.25) is 0 Å². The maximum Gasteiger partial charge on any atom is 0.258 e. The number of nitrogens with one attached hydrogen (secondary N) is 1. The fourth-order valence-corrected chi connectivity index (χ4v) is 4.83. The maximum absolute atomic E-state index is 5.85. The molecular weight excluding hydrogens is 472 g/mol. The van der Waals surface area contributed by atoms with Crippen LogP contribution in [-0.2, 0) is 6.54 Å². The highest BCUT2D eigenvalue weighted by Crippen LogP contribution is 2.39. The van der Waals surface area contributed by atoms with E-state index in [0.717, 1.165) is 28.0 Å². The van der Waals surface area contributed by atoms with E-state index in [1.54, 1.807) is 0 Å². The first-order valence-corrected chi connectivity index (χ1v) is 12.1. The molecule has 6 rings (SSSR count). The number of thiocarbonyl (C=S) groups is 1. The molecule has 3 heterocycles. The number of benzene rings is 3. The summed E-state index contributed by atoms with van der Waals surface area (Å²) >= 11 is 5.82. The first-order chi connectivity index (χ1) is 17.6. The summed E-state index contributed by atoms with van der Waals surface area (Å²) in [6.45, 7) is 4.98. The lowest BCUT2D eigenvalue weighted by Crippen LogP contribution is -2.45. The Morgan fingerprint density at radius 2 is 1.75 bits per heavy atom. The summed E-state index contributed by atoms with van der Waals surface area (Å²) < 4.78 is 16.8. The van der Waals surface area contributed by atoms with Gasteiger partial charge in [-0.3, -0.25) is 0 Å². The number of nitrogens with zero attached hydrogens (tertiary/aromatic N) is 3. The molecule has 0 amide bonds. The van der Waals surface area contributed by atoms with Crippen molar-refractivity contribution in [2.45, 2.75) is 26.4 Å². The summed E-state index contributed by atoms with van der Waals surface area (Å²) in [5, 5.41) is 8.46. The monoisotopic (exact) mass is 496 g/mol. The second-order valence-electron chi connectivity index (χ2n) is 8.86. The van der Waals surface area contributed by atoms with Crippen LogP contribution in [0, 0.1) is 6.92 Å². The molecule has 1 unspecified atom stereocenters. The van der Waals surface area contributed by atoms with Gasteiger partial charge < -0.3 is 24.2 Å². The lowest BCUT2D eigenvalue weighted by atomic mass is 9.94. The number of aromatic nitrogens is 2. The number of rotatable bonds is 5. The standard InChI is InChI=1S/C28H24N4O3S/c1-17-8-10-19(11-9-17)15-32-18(2)24(25(29-28(32)36)20-6-4-3-5-7-20)27-30-26(31-35-27)21-12-13-22-23(14-21)34-16-33-22/h3-14,25H,15-16H2,1-2H3,(H,29,36). The Morgan fingerprint density at radius 3 is 2.56 bits per heavy atom. The average Bonchev–Trinajstić information content (AvgIpc) is 3.57. The zero-order valence-electron chi connectivity index (χ0n) is 19.9. The molecule has 7 nitrogen and oxygen atoms in total. The molecule has 8 heteroatoms. The number of hydrogen-bond acceptors (Lipinski definition) is 6. The van der Waals surface area contributed by atoms with E-state index in [2.05, 4.69) is 65.6 Å². The van der Waals surface area contributed by atoms with Gasteiger partial charge in [-0.2, -0.15) is 4.98 Å². The van der Waals surface area contributed by atoms with Gasteiger partial charge in [-0.25, -0.2) is 0 Å². The maximum atomic E-state index is 5.85. The molecule has 0 radical (unpaired) electrons. The number of hydrogen-bond donors (Lipinski definition) is 1. The van der Waals surface area contributed by atoms with E-state index in [1.165, 1.54) is 5.56 Å². The van der Waals surface area contributed by atoms with Crippen LogP contribution in [0.5, 0.6) is 11.5 Å². The minimum Gasteiger partial charge on any atom is -0.454 e. The van der Waals surface area contributed by atoms with Gasteiger partial charge in [-0.15, -0.1) is 0 Å². The molecule has 0 saturated heterocycles. The van der Waals surface area contributed by atoms with E-state index in [4.69, 9.17) is 31.2 Å². The van der Waals surface area contributed by atoms with Crippen LogP contribution in [0.3, 0.4) is 0 Å². The van der Waals surface area contributed by atoms with Crippen molar-refractivity contribution in [3.8, 4) is 22.9 Å². The highest BCUT2D eigenvalue weighted by Gasteiger charge is 2.34. The quantitative estimate of drug-likeness (QED) is 0.356. The minimum atomic E-state index is -0.224. The van der Waals surface area contributed by atoms with Gasteiger partial charge >= 0.3 is 0 Å². The third-order valence-electron chi connectivity index (χ3n) is 6.48. The Kier molecular flexibility index (Phi) is 5.65. The second kappa shape index (κ2) is 9.13. The van der Waals surface area contributed by atoms with Crippen molar-refractivity contribution in [1.82, 2.24) is 20.4 Å². The lowest BCUT2D eigenvalue weighted by molar-refractivity contribution is 0.174. The molecule has 3 aromatic carbocycles. The van der Waals surface area contributed by atoms with Crippen LogP contribution in [0.15, 0.2) is 83.0 Å².